The van der Waals surface area contributed by atoms with E-state index in [1.165, 1.54) is 77.2 Å². The molecule has 0 fully saturated rings. The summed E-state index contributed by atoms with van der Waals surface area (Å²) in [5.74, 6) is 0. The molecule has 8 aromatic rings. The van der Waals surface area contributed by atoms with Gasteiger partial charge in [0.1, 0.15) is 0 Å². The van der Waals surface area contributed by atoms with Crippen molar-refractivity contribution in [1.29, 1.82) is 0 Å². The van der Waals surface area contributed by atoms with E-state index >= 15 is 0 Å². The molecule has 8 aromatic carbocycles. The highest BCUT2D eigenvalue weighted by atomic mass is 14.2. The van der Waals surface area contributed by atoms with E-state index in [0.29, 0.717) is 0 Å². The van der Waals surface area contributed by atoms with Crippen LogP contribution in [0.15, 0.2) is 188 Å². The lowest BCUT2D eigenvalue weighted by atomic mass is 9.85. The van der Waals surface area contributed by atoms with Crippen LogP contribution in [-0.4, -0.2) is 0 Å². The zero-order valence-corrected chi connectivity index (χ0v) is 26.6. The molecule has 0 saturated carbocycles. The van der Waals surface area contributed by atoms with E-state index in [2.05, 4.69) is 200 Å². The molecule has 0 nitrogen and oxygen atoms in total. The van der Waals surface area contributed by atoms with Crippen molar-refractivity contribution >= 4 is 45.3 Å². The van der Waals surface area contributed by atoms with E-state index in [1.807, 2.05) is 6.07 Å². The number of benzene rings is 8. The van der Waals surface area contributed by atoms with Crippen LogP contribution in [0.5, 0.6) is 0 Å². The summed E-state index contributed by atoms with van der Waals surface area (Å²) in [6.07, 6.45) is 6.65. The zero-order valence-electron chi connectivity index (χ0n) is 26.6. The lowest BCUT2D eigenvalue weighted by molar-refractivity contribution is 1.55. The van der Waals surface area contributed by atoms with Crippen molar-refractivity contribution in [2.24, 2.45) is 0 Å². The van der Waals surface area contributed by atoms with Gasteiger partial charge >= 0.3 is 0 Å². The van der Waals surface area contributed by atoms with Gasteiger partial charge < -0.3 is 0 Å². The molecule has 0 radical (unpaired) electrons. The molecule has 0 bridgehead atoms. The first kappa shape index (κ1) is 29.2. The van der Waals surface area contributed by atoms with Crippen LogP contribution in [-0.2, 0) is 0 Å². The summed E-state index contributed by atoms with van der Waals surface area (Å²) in [5, 5.41) is 5.05. The summed E-state index contributed by atoms with van der Waals surface area (Å²) in [6.45, 7) is 0. The first-order valence-electron chi connectivity index (χ1n) is 16.5. The minimum Gasteiger partial charge on any atom is -0.0622 e. The third-order valence-corrected chi connectivity index (χ3v) is 9.08. The fraction of sp³-hybridized carbons (Fsp3) is 0. The van der Waals surface area contributed by atoms with Gasteiger partial charge in [0.15, 0.2) is 0 Å². The molecule has 8 rings (SSSR count). The summed E-state index contributed by atoms with van der Waals surface area (Å²) in [6, 6.07) is 67.5. The minimum absolute atomic E-state index is 1.17. The van der Waals surface area contributed by atoms with Gasteiger partial charge in [-0.3, -0.25) is 0 Å². The Balaban J connectivity index is 1.21. The third kappa shape index (κ3) is 5.88. The average Bonchev–Trinajstić information content (AvgIpc) is 3.17. The standard InChI is InChI=1S/C48H34/c1-4-14-35(15-5-1)24-25-36-26-30-40(31-27-36)47-42-20-10-12-22-44(42)48(45-23-13-11-21-43(45)47)41-32-28-37(29-33-41)34-46(38-16-6-2-7-17-38)39-18-8-3-9-19-39/h1-34H. The minimum atomic E-state index is 1.17. The molecule has 0 atom stereocenters. The lowest BCUT2D eigenvalue weighted by Crippen LogP contribution is -1.91. The van der Waals surface area contributed by atoms with E-state index < -0.39 is 0 Å². The largest absolute Gasteiger partial charge is 0.0622 e. The quantitative estimate of drug-likeness (QED) is 0.124. The second-order valence-corrected chi connectivity index (χ2v) is 12.1. The Kier molecular flexibility index (Phi) is 8.05. The Morgan fingerprint density at radius 3 is 1.04 bits per heavy atom. The lowest BCUT2D eigenvalue weighted by Gasteiger charge is -2.18. The SMILES string of the molecule is C(=Cc1ccc(-c2c3ccccc3c(-c3ccc(C=C(c4ccccc4)c4ccccc4)cc3)c3ccccc23)cc1)c1ccccc1. The Morgan fingerprint density at radius 2 is 0.625 bits per heavy atom. The molecule has 0 aliphatic carbocycles. The van der Waals surface area contributed by atoms with Gasteiger partial charge in [0.2, 0.25) is 0 Å². The maximum atomic E-state index is 2.30. The van der Waals surface area contributed by atoms with E-state index in [-0.39, 0.29) is 0 Å². The number of hydrogen-bond donors (Lipinski definition) is 0. The summed E-state index contributed by atoms with van der Waals surface area (Å²) in [5.41, 5.74) is 12.2. The van der Waals surface area contributed by atoms with Crippen LogP contribution in [0, 0.1) is 0 Å². The van der Waals surface area contributed by atoms with Crippen LogP contribution in [0.25, 0.3) is 67.6 Å². The molecule has 0 heterocycles. The van der Waals surface area contributed by atoms with Crippen LogP contribution in [0.3, 0.4) is 0 Å². The molecular weight excluding hydrogens is 577 g/mol. The topological polar surface area (TPSA) is 0 Å². The fourth-order valence-corrected chi connectivity index (χ4v) is 6.75. The zero-order chi connectivity index (χ0) is 32.1. The second-order valence-electron chi connectivity index (χ2n) is 12.1. The smallest absolute Gasteiger partial charge is 0.00264 e. The molecular formula is C48H34. The van der Waals surface area contributed by atoms with Gasteiger partial charge in [-0.05, 0) is 83.3 Å². The highest BCUT2D eigenvalue weighted by Crippen LogP contribution is 2.43. The van der Waals surface area contributed by atoms with Crippen molar-refractivity contribution in [3.8, 4) is 22.3 Å². The van der Waals surface area contributed by atoms with Crippen LogP contribution in [0.1, 0.15) is 27.8 Å². The van der Waals surface area contributed by atoms with Crippen LogP contribution >= 0.6 is 0 Å². The predicted octanol–water partition coefficient (Wildman–Crippen LogP) is 13.1. The van der Waals surface area contributed by atoms with Gasteiger partial charge in [0, 0.05) is 0 Å². The second kappa shape index (κ2) is 13.2. The van der Waals surface area contributed by atoms with Gasteiger partial charge in [-0.15, -0.1) is 0 Å². The predicted molar refractivity (Wildman–Crippen MR) is 208 cm³/mol. The highest BCUT2D eigenvalue weighted by Gasteiger charge is 2.16. The van der Waals surface area contributed by atoms with Gasteiger partial charge in [-0.25, -0.2) is 0 Å². The Morgan fingerprint density at radius 1 is 0.292 bits per heavy atom. The Labute approximate surface area is 282 Å². The maximum Gasteiger partial charge on any atom is -0.00264 e. The van der Waals surface area contributed by atoms with Crippen LogP contribution in [0.2, 0.25) is 0 Å². The first-order chi connectivity index (χ1) is 23.8. The van der Waals surface area contributed by atoms with Crippen molar-refractivity contribution < 1.29 is 0 Å². The van der Waals surface area contributed by atoms with Crippen molar-refractivity contribution in [3.63, 3.8) is 0 Å². The molecule has 48 heavy (non-hydrogen) atoms. The van der Waals surface area contributed by atoms with E-state index in [9.17, 15) is 0 Å². The average molecular weight is 611 g/mol. The normalized spacial score (nSPS) is 11.2. The Hall–Kier alpha value is -6.24. The van der Waals surface area contributed by atoms with Crippen molar-refractivity contribution in [1.82, 2.24) is 0 Å². The molecule has 0 heteroatoms. The number of hydrogen-bond acceptors (Lipinski definition) is 0. The first-order valence-corrected chi connectivity index (χ1v) is 16.5. The van der Waals surface area contributed by atoms with Gasteiger partial charge in [-0.2, -0.15) is 0 Å². The molecule has 0 aliphatic heterocycles. The summed E-state index contributed by atoms with van der Waals surface area (Å²) >= 11 is 0. The molecule has 0 N–H and O–H groups in total. The highest BCUT2D eigenvalue weighted by molar-refractivity contribution is 6.21. The van der Waals surface area contributed by atoms with E-state index in [0.717, 1.165) is 0 Å². The van der Waals surface area contributed by atoms with Crippen molar-refractivity contribution in [3.05, 3.63) is 216 Å². The van der Waals surface area contributed by atoms with Crippen LogP contribution in [0.4, 0.5) is 0 Å². The van der Waals surface area contributed by atoms with Gasteiger partial charge in [0.05, 0.1) is 0 Å². The fourth-order valence-electron chi connectivity index (χ4n) is 6.75. The Bertz CT molecular complexity index is 2280. The van der Waals surface area contributed by atoms with Gasteiger partial charge in [0.25, 0.3) is 0 Å². The number of rotatable bonds is 7. The summed E-state index contributed by atoms with van der Waals surface area (Å²) in [7, 11) is 0. The van der Waals surface area contributed by atoms with Gasteiger partial charge in [-0.1, -0.05) is 200 Å². The van der Waals surface area contributed by atoms with Crippen molar-refractivity contribution in [2.75, 3.05) is 0 Å². The molecule has 0 aromatic heterocycles. The molecule has 0 saturated heterocycles. The molecule has 226 valence electrons. The summed E-state index contributed by atoms with van der Waals surface area (Å²) in [4.78, 5) is 0. The molecule has 0 amide bonds. The molecule has 0 unspecified atom stereocenters. The molecule has 0 spiro atoms. The third-order valence-electron chi connectivity index (χ3n) is 9.08. The van der Waals surface area contributed by atoms with E-state index in [4.69, 9.17) is 0 Å². The van der Waals surface area contributed by atoms with E-state index in [1.54, 1.807) is 0 Å². The summed E-state index contributed by atoms with van der Waals surface area (Å²) < 4.78 is 0. The van der Waals surface area contributed by atoms with Crippen molar-refractivity contribution in [2.45, 2.75) is 0 Å². The van der Waals surface area contributed by atoms with Crippen LogP contribution < -0.4 is 0 Å². The number of fused-ring (bicyclic) bond motifs is 2. The molecule has 0 aliphatic rings. The monoisotopic (exact) mass is 610 g/mol. The maximum absolute atomic E-state index is 2.30.